The molecule has 0 fully saturated rings. The van der Waals surface area contributed by atoms with Crippen LogP contribution in [0.3, 0.4) is 0 Å². The minimum atomic E-state index is -0.778. The molecule has 158 valence electrons. The van der Waals surface area contributed by atoms with Crippen molar-refractivity contribution >= 4 is 34.5 Å². The molecule has 0 saturated heterocycles. The highest BCUT2D eigenvalue weighted by atomic mass is 32.2. The highest BCUT2D eigenvalue weighted by Crippen LogP contribution is 2.24. The lowest BCUT2D eigenvalue weighted by Crippen LogP contribution is -2.44. The number of ether oxygens (including phenoxy) is 1. The fraction of sp³-hybridized carbons (Fsp3) is 0.500. The summed E-state index contributed by atoms with van der Waals surface area (Å²) in [6.45, 7) is 8.98. The lowest BCUT2D eigenvalue weighted by atomic mass is 10.1. The Kier molecular flexibility index (Phi) is 7.07. The summed E-state index contributed by atoms with van der Waals surface area (Å²) in [7, 11) is 1.28. The van der Waals surface area contributed by atoms with Gasteiger partial charge in [0, 0.05) is 5.54 Å². The Labute approximate surface area is 173 Å². The van der Waals surface area contributed by atoms with E-state index < -0.39 is 22.9 Å². The predicted octanol–water partition coefficient (Wildman–Crippen LogP) is 1.96. The predicted molar refractivity (Wildman–Crippen MR) is 112 cm³/mol. The van der Waals surface area contributed by atoms with Crippen molar-refractivity contribution in [2.75, 3.05) is 7.11 Å². The van der Waals surface area contributed by atoms with Crippen LogP contribution in [0, 0.1) is 0 Å². The maximum Gasteiger partial charge on any atom is 0.337 e. The third kappa shape index (κ3) is 5.80. The lowest BCUT2D eigenvalue weighted by Gasteiger charge is -2.23. The SMILES string of the molecule is COC(=O)c1ccc2c(=O)n(C[C@@H](C)O)c(S[C@H](C)C(=O)NC(C)(C)C)nc2c1. The highest BCUT2D eigenvalue weighted by molar-refractivity contribution is 8.00. The molecule has 2 N–H and O–H groups in total. The van der Waals surface area contributed by atoms with Crippen LogP contribution in [-0.4, -0.2) is 50.5 Å². The summed E-state index contributed by atoms with van der Waals surface area (Å²) in [6.07, 6.45) is -0.778. The zero-order chi connectivity index (χ0) is 21.9. The number of rotatable bonds is 6. The summed E-state index contributed by atoms with van der Waals surface area (Å²) < 4.78 is 6.08. The number of hydrogen-bond acceptors (Lipinski definition) is 7. The van der Waals surface area contributed by atoms with Crippen molar-refractivity contribution in [2.45, 2.75) is 63.2 Å². The van der Waals surface area contributed by atoms with Gasteiger partial charge in [0.25, 0.3) is 5.56 Å². The second-order valence-corrected chi connectivity index (χ2v) is 9.19. The Bertz CT molecular complexity index is 978. The van der Waals surface area contributed by atoms with Crippen molar-refractivity contribution < 1.29 is 19.4 Å². The smallest absolute Gasteiger partial charge is 0.337 e. The van der Waals surface area contributed by atoms with Crippen LogP contribution in [0.1, 0.15) is 45.0 Å². The van der Waals surface area contributed by atoms with E-state index in [-0.39, 0.29) is 23.6 Å². The fourth-order valence-electron chi connectivity index (χ4n) is 2.64. The van der Waals surface area contributed by atoms with Crippen LogP contribution in [0.4, 0.5) is 0 Å². The van der Waals surface area contributed by atoms with Gasteiger partial charge in [-0.15, -0.1) is 0 Å². The molecule has 0 saturated carbocycles. The minimum absolute atomic E-state index is 0.0382. The minimum Gasteiger partial charge on any atom is -0.465 e. The molecule has 9 heteroatoms. The number of thioether (sulfide) groups is 1. The summed E-state index contributed by atoms with van der Waals surface area (Å²) >= 11 is 1.12. The summed E-state index contributed by atoms with van der Waals surface area (Å²) in [4.78, 5) is 41.8. The Balaban J connectivity index is 2.53. The first kappa shape index (κ1) is 22.9. The number of aliphatic hydroxyl groups excluding tert-OH is 1. The van der Waals surface area contributed by atoms with Crippen LogP contribution in [-0.2, 0) is 16.1 Å². The molecule has 1 heterocycles. The summed E-state index contributed by atoms with van der Waals surface area (Å²) in [6, 6.07) is 4.50. The Morgan fingerprint density at radius 2 is 1.97 bits per heavy atom. The number of nitrogens with one attached hydrogen (secondary N) is 1. The van der Waals surface area contributed by atoms with Crippen LogP contribution >= 0.6 is 11.8 Å². The first-order chi connectivity index (χ1) is 13.4. The monoisotopic (exact) mass is 421 g/mol. The number of nitrogens with zero attached hydrogens (tertiary/aromatic N) is 2. The number of carbonyl (C=O) groups is 2. The zero-order valence-corrected chi connectivity index (χ0v) is 18.3. The molecule has 2 rings (SSSR count). The van der Waals surface area contributed by atoms with E-state index >= 15 is 0 Å². The zero-order valence-electron chi connectivity index (χ0n) is 17.5. The number of aromatic nitrogens is 2. The van der Waals surface area contributed by atoms with Gasteiger partial charge in [0.1, 0.15) is 0 Å². The molecule has 1 aromatic heterocycles. The Morgan fingerprint density at radius 1 is 1.31 bits per heavy atom. The number of fused-ring (bicyclic) bond motifs is 1. The molecule has 0 spiro atoms. The third-order valence-electron chi connectivity index (χ3n) is 3.94. The van der Waals surface area contributed by atoms with Gasteiger partial charge in [-0.25, -0.2) is 9.78 Å². The van der Waals surface area contributed by atoms with Gasteiger partial charge in [0.2, 0.25) is 5.91 Å². The largest absolute Gasteiger partial charge is 0.465 e. The molecule has 0 aliphatic carbocycles. The third-order valence-corrected chi connectivity index (χ3v) is 5.03. The normalized spacial score (nSPS) is 13.8. The summed E-state index contributed by atoms with van der Waals surface area (Å²) in [5, 5.41) is 12.8. The summed E-state index contributed by atoms with van der Waals surface area (Å²) in [5.74, 6) is -0.724. The summed E-state index contributed by atoms with van der Waals surface area (Å²) in [5.41, 5.74) is -0.143. The number of benzene rings is 1. The molecule has 0 radical (unpaired) electrons. The topological polar surface area (TPSA) is 111 Å². The number of hydrogen-bond donors (Lipinski definition) is 2. The fourth-order valence-corrected chi connectivity index (χ4v) is 3.56. The molecular weight excluding hydrogens is 394 g/mol. The highest BCUT2D eigenvalue weighted by Gasteiger charge is 2.23. The van der Waals surface area contributed by atoms with E-state index in [4.69, 9.17) is 4.74 Å². The van der Waals surface area contributed by atoms with Gasteiger partial charge in [-0.3, -0.25) is 14.2 Å². The molecule has 2 aromatic rings. The number of carbonyl (C=O) groups excluding carboxylic acids is 2. The van der Waals surface area contributed by atoms with E-state index in [0.717, 1.165) is 11.8 Å². The van der Waals surface area contributed by atoms with Crippen LogP contribution in [0.25, 0.3) is 10.9 Å². The number of methoxy groups -OCH3 is 1. The molecule has 29 heavy (non-hydrogen) atoms. The van der Waals surface area contributed by atoms with E-state index in [1.807, 2.05) is 20.8 Å². The second kappa shape index (κ2) is 8.96. The lowest BCUT2D eigenvalue weighted by molar-refractivity contribution is -0.121. The molecule has 8 nitrogen and oxygen atoms in total. The average Bonchev–Trinajstić information content (AvgIpc) is 2.62. The van der Waals surface area contributed by atoms with Crippen molar-refractivity contribution in [1.82, 2.24) is 14.9 Å². The van der Waals surface area contributed by atoms with Gasteiger partial charge in [-0.2, -0.15) is 0 Å². The molecule has 0 bridgehead atoms. The maximum absolute atomic E-state index is 13.0. The van der Waals surface area contributed by atoms with Gasteiger partial charge < -0.3 is 15.2 Å². The van der Waals surface area contributed by atoms with Crippen LogP contribution in [0.15, 0.2) is 28.2 Å². The molecule has 0 aliphatic heterocycles. The van der Waals surface area contributed by atoms with Gasteiger partial charge in [0.15, 0.2) is 5.16 Å². The van der Waals surface area contributed by atoms with Crippen molar-refractivity contribution in [3.63, 3.8) is 0 Å². The first-order valence-corrected chi connectivity index (χ1v) is 10.1. The van der Waals surface area contributed by atoms with Crippen molar-refractivity contribution in [1.29, 1.82) is 0 Å². The van der Waals surface area contributed by atoms with E-state index in [0.29, 0.717) is 16.1 Å². The molecule has 1 amide bonds. The van der Waals surface area contributed by atoms with Crippen LogP contribution in [0.2, 0.25) is 0 Å². The number of amides is 1. The Morgan fingerprint density at radius 3 is 2.52 bits per heavy atom. The standard InChI is InChI=1S/C20H27N3O5S/c1-11(24)10-23-17(26)14-8-7-13(18(27)28-6)9-15(14)21-19(23)29-12(2)16(25)22-20(3,4)5/h7-9,11-12,24H,10H2,1-6H3,(H,22,25)/t11-,12-/m1/s1. The van der Waals surface area contributed by atoms with Gasteiger partial charge >= 0.3 is 5.97 Å². The quantitative estimate of drug-likeness (QED) is 0.417. The van der Waals surface area contributed by atoms with Gasteiger partial charge in [-0.1, -0.05) is 11.8 Å². The van der Waals surface area contributed by atoms with Crippen molar-refractivity contribution in [3.05, 3.63) is 34.1 Å². The van der Waals surface area contributed by atoms with Gasteiger partial charge in [-0.05, 0) is 52.8 Å². The molecule has 0 aliphatic rings. The van der Waals surface area contributed by atoms with Crippen LogP contribution in [0.5, 0.6) is 0 Å². The molecular formula is C20H27N3O5S. The van der Waals surface area contributed by atoms with Gasteiger partial charge in [0.05, 0.1) is 41.5 Å². The molecule has 2 atom stereocenters. The molecule has 1 aromatic carbocycles. The number of aliphatic hydroxyl groups is 1. The van der Waals surface area contributed by atoms with E-state index in [9.17, 15) is 19.5 Å². The maximum atomic E-state index is 13.0. The average molecular weight is 422 g/mol. The van der Waals surface area contributed by atoms with E-state index in [2.05, 4.69) is 10.3 Å². The van der Waals surface area contributed by atoms with E-state index in [1.54, 1.807) is 13.8 Å². The van der Waals surface area contributed by atoms with Crippen molar-refractivity contribution in [2.24, 2.45) is 0 Å². The second-order valence-electron chi connectivity index (χ2n) is 7.88. The number of esters is 1. The van der Waals surface area contributed by atoms with Crippen molar-refractivity contribution in [3.8, 4) is 0 Å². The molecule has 0 unspecified atom stereocenters. The van der Waals surface area contributed by atoms with E-state index in [1.165, 1.54) is 29.9 Å². The Hall–Kier alpha value is -2.39. The first-order valence-electron chi connectivity index (χ1n) is 9.22. The van der Waals surface area contributed by atoms with Crippen LogP contribution < -0.4 is 10.9 Å².